The van der Waals surface area contributed by atoms with Crippen LogP contribution in [-0.4, -0.2) is 120 Å². The molecule has 310 valence electrons. The Kier molecular flexibility index (Phi) is 21.4. The average Bonchev–Trinajstić information content (AvgIpc) is 3.03. The summed E-state index contributed by atoms with van der Waals surface area (Å²) in [7, 11) is 0. The van der Waals surface area contributed by atoms with Crippen molar-refractivity contribution in [2.75, 3.05) is 11.9 Å². The molecule has 0 heterocycles. The molecular weight excluding hydrogens is 728 g/mol. The zero-order valence-corrected chi connectivity index (χ0v) is 31.9. The summed E-state index contributed by atoms with van der Waals surface area (Å²) < 4.78 is 0. The Morgan fingerprint density at radius 1 is 0.527 bits per heavy atom. The number of carbonyl (C=O) groups is 8. The lowest BCUT2D eigenvalue weighted by atomic mass is 10.0. The first-order chi connectivity index (χ1) is 25.3. The summed E-state index contributed by atoms with van der Waals surface area (Å²) in [4.78, 5) is 89.8. The highest BCUT2D eigenvalue weighted by atomic mass is 16.4. The monoisotopic (exact) mass is 784 g/mol. The van der Waals surface area contributed by atoms with Gasteiger partial charge in [0.15, 0.2) is 0 Å². The molecule has 4 atom stereocenters. The van der Waals surface area contributed by atoms with Gasteiger partial charge in [-0.25, -0.2) is 28.8 Å². The first-order valence-corrected chi connectivity index (χ1v) is 17.4. The summed E-state index contributed by atoms with van der Waals surface area (Å²) in [6.07, 6.45) is -0.0312. The maximum atomic E-state index is 12.0. The van der Waals surface area contributed by atoms with Crippen LogP contribution < -0.4 is 31.9 Å². The van der Waals surface area contributed by atoms with Crippen molar-refractivity contribution >= 4 is 53.6 Å². The van der Waals surface area contributed by atoms with Crippen LogP contribution in [0.5, 0.6) is 0 Å². The van der Waals surface area contributed by atoms with Crippen LogP contribution in [0.15, 0.2) is 24.3 Å². The van der Waals surface area contributed by atoms with E-state index in [9.17, 15) is 48.6 Å². The first-order valence-electron chi connectivity index (χ1n) is 17.4. The van der Waals surface area contributed by atoms with Crippen molar-refractivity contribution in [2.24, 2.45) is 0 Å². The Labute approximate surface area is 318 Å². The van der Waals surface area contributed by atoms with Gasteiger partial charge in [-0.1, -0.05) is 12.1 Å². The van der Waals surface area contributed by atoms with E-state index in [-0.39, 0.29) is 36.8 Å². The predicted octanol–water partition coefficient (Wildman–Crippen LogP) is 2.13. The van der Waals surface area contributed by atoms with Gasteiger partial charge in [0.05, 0.1) is 0 Å². The van der Waals surface area contributed by atoms with Crippen molar-refractivity contribution in [3.05, 3.63) is 29.8 Å². The van der Waals surface area contributed by atoms with E-state index < -0.39 is 84.9 Å². The van der Waals surface area contributed by atoms with Gasteiger partial charge in [0.1, 0.15) is 24.2 Å². The second-order valence-electron chi connectivity index (χ2n) is 14.6. The van der Waals surface area contributed by atoms with Crippen molar-refractivity contribution < 1.29 is 69.0 Å². The van der Waals surface area contributed by atoms with Gasteiger partial charge in [-0.2, -0.15) is 0 Å². The topological polar surface area (TPSA) is 330 Å². The van der Waals surface area contributed by atoms with Gasteiger partial charge in [0, 0.05) is 36.0 Å². The Morgan fingerprint density at radius 3 is 1.25 bits per heavy atom. The fraction of sp³-hybridized carbons (Fsp3) is 0.600. The third-order valence-corrected chi connectivity index (χ3v) is 7.20. The van der Waals surface area contributed by atoms with Gasteiger partial charge in [-0.15, -0.1) is 0 Å². The van der Waals surface area contributed by atoms with Gasteiger partial charge >= 0.3 is 47.9 Å². The molecule has 0 aliphatic carbocycles. The molecule has 4 amide bonds. The van der Waals surface area contributed by atoms with Crippen LogP contribution in [0.3, 0.4) is 0 Å². The number of rotatable bonds is 22. The summed E-state index contributed by atoms with van der Waals surface area (Å²) in [6.45, 7) is 12.8. The molecule has 0 aromatic heterocycles. The molecule has 0 aliphatic rings. The molecule has 20 nitrogen and oxygen atoms in total. The lowest BCUT2D eigenvalue weighted by Crippen LogP contribution is -2.51. The molecule has 0 aliphatic heterocycles. The van der Waals surface area contributed by atoms with Crippen LogP contribution in [0, 0.1) is 0 Å². The second kappa shape index (κ2) is 23.9. The Morgan fingerprint density at radius 2 is 0.909 bits per heavy atom. The van der Waals surface area contributed by atoms with Crippen molar-refractivity contribution in [1.82, 2.24) is 26.6 Å². The fourth-order valence-corrected chi connectivity index (χ4v) is 4.55. The molecule has 12 N–H and O–H groups in total. The summed E-state index contributed by atoms with van der Waals surface area (Å²) in [5.74, 6) is -7.69. The summed E-state index contributed by atoms with van der Waals surface area (Å²) in [6, 6.07) is -0.182. The Bertz CT molecular complexity index is 1460. The Balaban J connectivity index is 0.00000107. The smallest absolute Gasteiger partial charge is 0.326 e. The number of anilines is 1. The molecule has 1 aromatic rings. The van der Waals surface area contributed by atoms with Crippen LogP contribution in [0.25, 0.3) is 0 Å². The lowest BCUT2D eigenvalue weighted by Gasteiger charge is -2.22. The molecule has 0 radical (unpaired) electrons. The van der Waals surface area contributed by atoms with Crippen molar-refractivity contribution in [3.8, 4) is 0 Å². The number of carboxylic acid groups (broad SMARTS) is 6. The zero-order valence-electron chi connectivity index (χ0n) is 31.9. The lowest BCUT2D eigenvalue weighted by molar-refractivity contribution is -0.142. The maximum Gasteiger partial charge on any atom is 0.326 e. The molecule has 0 saturated carbocycles. The average molecular weight is 785 g/mol. The standard InChI is InChI=1S/C19H27N3O7.C16H29N3O7/c1-19(2,3)22-12-6-4-11(5-7-12)10-14(17(27)28)21-18(29)20-13(16(25)26)8-9-15(23)24;1-16(2,3)17-9-5-4-6-10(13(22)23)18-15(26)19-11(14(24)25)7-8-12(20)21/h4-7,13-14,22H,8-10H2,1-3H3,(H,23,24)(H,25,26)(H,27,28)(H2,20,21,29);10-11,17H,4-9H2,1-3H3,(H,20,21)(H,22,23)(H,24,25)(H2,18,19,26)/t13-,14-;10-,11-/m00/s1. The summed E-state index contributed by atoms with van der Waals surface area (Å²) in [5, 5.41) is 69.0. The minimum Gasteiger partial charge on any atom is -0.481 e. The minimum absolute atomic E-state index is 0.00852. The van der Waals surface area contributed by atoms with E-state index in [4.69, 9.17) is 20.4 Å². The van der Waals surface area contributed by atoms with Gasteiger partial charge < -0.3 is 62.5 Å². The van der Waals surface area contributed by atoms with Crippen LogP contribution in [0.4, 0.5) is 15.3 Å². The van der Waals surface area contributed by atoms with Crippen molar-refractivity contribution in [1.29, 1.82) is 0 Å². The molecule has 1 aromatic carbocycles. The number of amides is 4. The molecule has 20 heteroatoms. The summed E-state index contributed by atoms with van der Waals surface area (Å²) in [5.41, 5.74) is 1.36. The summed E-state index contributed by atoms with van der Waals surface area (Å²) >= 11 is 0. The Hall–Kier alpha value is -5.66. The van der Waals surface area contributed by atoms with Crippen molar-refractivity contribution in [3.63, 3.8) is 0 Å². The van der Waals surface area contributed by atoms with Crippen LogP contribution in [0.1, 0.15) is 92.1 Å². The molecule has 1 rings (SSSR count). The molecule has 0 spiro atoms. The van der Waals surface area contributed by atoms with Crippen molar-refractivity contribution in [2.45, 2.75) is 128 Å². The van der Waals surface area contributed by atoms with Gasteiger partial charge in [0.2, 0.25) is 0 Å². The van der Waals surface area contributed by atoms with Gasteiger partial charge in [-0.3, -0.25) is 9.59 Å². The van der Waals surface area contributed by atoms with Crippen LogP contribution in [0.2, 0.25) is 0 Å². The van der Waals surface area contributed by atoms with E-state index in [1.54, 1.807) is 24.3 Å². The third kappa shape index (κ3) is 25.1. The van der Waals surface area contributed by atoms with E-state index in [1.807, 2.05) is 41.5 Å². The van der Waals surface area contributed by atoms with E-state index in [0.717, 1.165) is 12.1 Å². The highest BCUT2D eigenvalue weighted by molar-refractivity contribution is 5.87. The first kappa shape index (κ1) is 49.3. The van der Waals surface area contributed by atoms with Gasteiger partial charge in [-0.05, 0) is 97.9 Å². The number of carboxylic acids is 6. The molecular formula is C35H56N6O14. The number of hydrogen-bond acceptors (Lipinski definition) is 10. The number of hydrogen-bond donors (Lipinski definition) is 12. The number of unbranched alkanes of at least 4 members (excludes halogenated alkanes) is 1. The normalized spacial score (nSPS) is 13.3. The maximum absolute atomic E-state index is 12.0. The SMILES string of the molecule is CC(C)(C)NCCCC[C@H](NC(=O)N[C@@H](CCC(=O)O)C(=O)O)C(=O)O.CC(C)(C)Nc1ccc(C[C@H](NC(=O)N[C@@H](CCC(=O)O)C(=O)O)C(=O)O)cc1. The molecule has 0 fully saturated rings. The van der Waals surface area contributed by atoms with E-state index in [1.165, 1.54) is 0 Å². The molecule has 0 saturated heterocycles. The molecule has 55 heavy (non-hydrogen) atoms. The number of aliphatic carboxylic acids is 6. The highest BCUT2D eigenvalue weighted by Gasteiger charge is 2.26. The fourth-order valence-electron chi connectivity index (χ4n) is 4.55. The third-order valence-electron chi connectivity index (χ3n) is 7.20. The largest absolute Gasteiger partial charge is 0.481 e. The van der Waals surface area contributed by atoms with E-state index >= 15 is 0 Å². The van der Waals surface area contributed by atoms with E-state index in [2.05, 4.69) is 31.9 Å². The highest BCUT2D eigenvalue weighted by Crippen LogP contribution is 2.16. The van der Waals surface area contributed by atoms with Gasteiger partial charge in [0.25, 0.3) is 0 Å². The van der Waals surface area contributed by atoms with Crippen LogP contribution >= 0.6 is 0 Å². The zero-order chi connectivity index (χ0) is 42.5. The number of nitrogens with one attached hydrogen (secondary N) is 6. The number of carbonyl (C=O) groups excluding carboxylic acids is 2. The second-order valence-corrected chi connectivity index (χ2v) is 14.6. The predicted molar refractivity (Wildman–Crippen MR) is 198 cm³/mol. The minimum atomic E-state index is -1.44. The number of urea groups is 2. The number of benzene rings is 1. The quantitative estimate of drug-likeness (QED) is 0.0749. The molecule has 0 bridgehead atoms. The molecule has 0 unspecified atom stereocenters. The van der Waals surface area contributed by atoms with Crippen LogP contribution in [-0.2, 0) is 35.2 Å². The van der Waals surface area contributed by atoms with E-state index in [0.29, 0.717) is 18.5 Å².